The van der Waals surface area contributed by atoms with Crippen LogP contribution in [-0.2, 0) is 13.0 Å². The number of rotatable bonds is 5. The fraction of sp³-hybridized carbons (Fsp3) is 0.769. The van der Waals surface area contributed by atoms with E-state index in [1.54, 1.807) is 0 Å². The van der Waals surface area contributed by atoms with Gasteiger partial charge in [-0.15, -0.1) is 11.3 Å². The summed E-state index contributed by atoms with van der Waals surface area (Å²) in [6.07, 6.45) is 5.71. The van der Waals surface area contributed by atoms with Gasteiger partial charge in [0, 0.05) is 23.7 Å². The van der Waals surface area contributed by atoms with Crippen molar-refractivity contribution >= 4 is 11.3 Å². The lowest BCUT2D eigenvalue weighted by Crippen LogP contribution is -2.39. The zero-order valence-electron chi connectivity index (χ0n) is 10.8. The van der Waals surface area contributed by atoms with Crippen LogP contribution in [0.25, 0.3) is 0 Å². The van der Waals surface area contributed by atoms with Gasteiger partial charge < -0.3 is 10.6 Å². The van der Waals surface area contributed by atoms with E-state index in [-0.39, 0.29) is 0 Å². The highest BCUT2D eigenvalue weighted by molar-refractivity contribution is 7.11. The van der Waals surface area contributed by atoms with Gasteiger partial charge in [-0.05, 0) is 45.2 Å². The van der Waals surface area contributed by atoms with Crippen LogP contribution in [0.1, 0.15) is 36.6 Å². The Morgan fingerprint density at radius 1 is 1.59 bits per heavy atom. The number of nitrogens with zero attached hydrogens (tertiary/aromatic N) is 1. The normalized spacial score (nSPS) is 25.1. The lowest BCUT2D eigenvalue weighted by Gasteiger charge is -2.28. The van der Waals surface area contributed by atoms with E-state index in [1.165, 1.54) is 29.3 Å². The van der Waals surface area contributed by atoms with Gasteiger partial charge in [0.05, 0.1) is 0 Å². The Labute approximate surface area is 108 Å². The van der Waals surface area contributed by atoms with Crippen LogP contribution in [0, 0.1) is 5.92 Å². The van der Waals surface area contributed by atoms with Crippen molar-refractivity contribution in [3.8, 4) is 0 Å². The van der Waals surface area contributed by atoms with Crippen LogP contribution < -0.4 is 10.6 Å². The zero-order chi connectivity index (χ0) is 12.1. The van der Waals surface area contributed by atoms with Crippen LogP contribution in [0.3, 0.4) is 0 Å². The fourth-order valence-electron chi connectivity index (χ4n) is 2.40. The van der Waals surface area contributed by atoms with Crippen molar-refractivity contribution in [1.29, 1.82) is 0 Å². The molecule has 2 atom stereocenters. The molecule has 17 heavy (non-hydrogen) atoms. The van der Waals surface area contributed by atoms with Crippen LogP contribution in [0.4, 0.5) is 0 Å². The molecule has 0 amide bonds. The molecule has 0 aliphatic carbocycles. The summed E-state index contributed by atoms with van der Waals surface area (Å²) in [6, 6.07) is 0.683. The van der Waals surface area contributed by atoms with Crippen LogP contribution in [0.2, 0.25) is 0 Å². The Bertz CT molecular complexity index is 337. The van der Waals surface area contributed by atoms with E-state index in [1.807, 2.05) is 17.5 Å². The summed E-state index contributed by atoms with van der Waals surface area (Å²) in [5.74, 6) is 0.830. The Morgan fingerprint density at radius 2 is 2.47 bits per heavy atom. The van der Waals surface area contributed by atoms with Crippen LogP contribution >= 0.6 is 11.3 Å². The molecule has 1 saturated heterocycles. The highest BCUT2D eigenvalue weighted by Crippen LogP contribution is 2.16. The minimum absolute atomic E-state index is 0.683. The Kier molecular flexibility index (Phi) is 4.95. The summed E-state index contributed by atoms with van der Waals surface area (Å²) in [4.78, 5) is 5.81. The molecule has 1 fully saturated rings. The van der Waals surface area contributed by atoms with Crippen LogP contribution in [-0.4, -0.2) is 24.1 Å². The van der Waals surface area contributed by atoms with Crippen molar-refractivity contribution in [1.82, 2.24) is 15.6 Å². The molecule has 0 saturated carbocycles. The van der Waals surface area contributed by atoms with Gasteiger partial charge in [-0.3, -0.25) is 0 Å². The first-order chi connectivity index (χ1) is 8.28. The summed E-state index contributed by atoms with van der Waals surface area (Å²) < 4.78 is 0. The number of aromatic nitrogens is 1. The van der Waals surface area contributed by atoms with Gasteiger partial charge >= 0.3 is 0 Å². The molecule has 2 unspecified atom stereocenters. The van der Waals surface area contributed by atoms with E-state index >= 15 is 0 Å². The molecule has 4 heteroatoms. The van der Waals surface area contributed by atoms with E-state index in [2.05, 4.69) is 29.5 Å². The highest BCUT2D eigenvalue weighted by Gasteiger charge is 2.17. The Balaban J connectivity index is 1.68. The lowest BCUT2D eigenvalue weighted by atomic mass is 9.93. The summed E-state index contributed by atoms with van der Waals surface area (Å²) in [5, 5.41) is 8.27. The summed E-state index contributed by atoms with van der Waals surface area (Å²) >= 11 is 1.83. The molecule has 1 aliphatic rings. The summed E-state index contributed by atoms with van der Waals surface area (Å²) in [6.45, 7) is 7.70. The average Bonchev–Trinajstić information content (AvgIpc) is 2.77. The first kappa shape index (κ1) is 13.0. The second kappa shape index (κ2) is 6.47. The molecule has 0 bridgehead atoms. The third-order valence-corrected chi connectivity index (χ3v) is 4.53. The van der Waals surface area contributed by atoms with Gasteiger partial charge in [0.15, 0.2) is 0 Å². The number of hydrogen-bond acceptors (Lipinski definition) is 4. The van der Waals surface area contributed by atoms with Gasteiger partial charge in [0.1, 0.15) is 5.01 Å². The molecular weight excluding hydrogens is 230 g/mol. The Morgan fingerprint density at radius 3 is 3.18 bits per heavy atom. The number of hydrogen-bond donors (Lipinski definition) is 2. The first-order valence-electron chi connectivity index (χ1n) is 6.65. The molecule has 0 spiro atoms. The number of thiazole rings is 1. The molecule has 96 valence electrons. The molecular formula is C13H23N3S. The number of aryl methyl sites for hydroxylation is 1. The van der Waals surface area contributed by atoms with Gasteiger partial charge in [0.25, 0.3) is 0 Å². The molecule has 0 aromatic carbocycles. The average molecular weight is 253 g/mol. The largest absolute Gasteiger partial charge is 0.314 e. The van der Waals surface area contributed by atoms with Gasteiger partial charge in [0.2, 0.25) is 0 Å². The van der Waals surface area contributed by atoms with Gasteiger partial charge in [-0.2, -0.15) is 0 Å². The third kappa shape index (κ3) is 4.05. The topological polar surface area (TPSA) is 37.0 Å². The quantitative estimate of drug-likeness (QED) is 0.844. The predicted octanol–water partition coefficient (Wildman–Crippen LogP) is 2.18. The van der Waals surface area contributed by atoms with Crippen molar-refractivity contribution in [3.63, 3.8) is 0 Å². The number of nitrogens with one attached hydrogen (secondary N) is 2. The second-order valence-electron chi connectivity index (χ2n) is 4.95. The number of piperidine rings is 1. The molecule has 1 aromatic rings. The molecule has 2 N–H and O–H groups in total. The minimum Gasteiger partial charge on any atom is -0.314 e. The summed E-state index contributed by atoms with van der Waals surface area (Å²) in [5.41, 5.74) is 0. The maximum absolute atomic E-state index is 4.43. The molecule has 0 radical (unpaired) electrons. The minimum atomic E-state index is 0.683. The van der Waals surface area contributed by atoms with Crippen molar-refractivity contribution in [2.75, 3.05) is 13.1 Å². The summed E-state index contributed by atoms with van der Waals surface area (Å²) in [7, 11) is 0. The van der Waals surface area contributed by atoms with E-state index in [0.29, 0.717) is 6.04 Å². The fourth-order valence-corrected chi connectivity index (χ4v) is 3.23. The molecule has 2 heterocycles. The van der Waals surface area contributed by atoms with E-state index in [0.717, 1.165) is 25.4 Å². The maximum atomic E-state index is 4.43. The van der Waals surface area contributed by atoms with Crippen LogP contribution in [0.15, 0.2) is 6.20 Å². The first-order valence-corrected chi connectivity index (χ1v) is 7.47. The van der Waals surface area contributed by atoms with E-state index in [9.17, 15) is 0 Å². The SMILES string of the molecule is CCc1cnc(CNCC2CCNC(C)C2)s1. The van der Waals surface area contributed by atoms with Gasteiger partial charge in [-0.25, -0.2) is 4.98 Å². The monoisotopic (exact) mass is 253 g/mol. The van der Waals surface area contributed by atoms with Crippen molar-refractivity contribution in [3.05, 3.63) is 16.1 Å². The van der Waals surface area contributed by atoms with Gasteiger partial charge in [-0.1, -0.05) is 6.92 Å². The van der Waals surface area contributed by atoms with E-state index in [4.69, 9.17) is 0 Å². The smallest absolute Gasteiger partial charge is 0.107 e. The molecule has 2 rings (SSSR count). The standard InChI is InChI=1S/C13H23N3S/c1-3-12-8-16-13(17-12)9-14-7-11-4-5-15-10(2)6-11/h8,10-11,14-15H,3-7,9H2,1-2H3. The van der Waals surface area contributed by atoms with Crippen molar-refractivity contribution in [2.45, 2.75) is 45.7 Å². The second-order valence-corrected chi connectivity index (χ2v) is 6.15. The van der Waals surface area contributed by atoms with Crippen molar-refractivity contribution in [2.24, 2.45) is 5.92 Å². The molecule has 1 aliphatic heterocycles. The van der Waals surface area contributed by atoms with Crippen LogP contribution in [0.5, 0.6) is 0 Å². The zero-order valence-corrected chi connectivity index (χ0v) is 11.6. The predicted molar refractivity (Wildman–Crippen MR) is 73.4 cm³/mol. The van der Waals surface area contributed by atoms with E-state index < -0.39 is 0 Å². The molecule has 3 nitrogen and oxygen atoms in total. The maximum Gasteiger partial charge on any atom is 0.107 e. The highest BCUT2D eigenvalue weighted by atomic mass is 32.1. The lowest BCUT2D eigenvalue weighted by molar-refractivity contribution is 0.304. The molecule has 1 aromatic heterocycles. The third-order valence-electron chi connectivity index (χ3n) is 3.39. The van der Waals surface area contributed by atoms with Crippen molar-refractivity contribution < 1.29 is 0 Å². The Hall–Kier alpha value is -0.450.